The lowest BCUT2D eigenvalue weighted by atomic mass is 10.2. The highest BCUT2D eigenvalue weighted by molar-refractivity contribution is 6.28. The van der Waals surface area contributed by atoms with Crippen molar-refractivity contribution in [3.05, 3.63) is 21.1 Å². The molecule has 0 bridgehead atoms. The van der Waals surface area contributed by atoms with Crippen molar-refractivity contribution in [3.8, 4) is 0 Å². The maximum atomic E-state index is 10.9. The molecule has 1 heterocycles. The smallest absolute Gasteiger partial charge is 0.332 e. The van der Waals surface area contributed by atoms with Gasteiger partial charge >= 0.3 is 5.69 Å². The summed E-state index contributed by atoms with van der Waals surface area (Å²) < 4.78 is 0. The topological polar surface area (TPSA) is 81.0 Å². The molecular weight excluding hydrogens is 232 g/mol. The molecule has 0 saturated heterocycles. The van der Waals surface area contributed by atoms with Crippen LogP contribution in [0.3, 0.4) is 0 Å². The van der Waals surface area contributed by atoms with Crippen LogP contribution in [0.25, 0.3) is 0 Å². The summed E-state index contributed by atoms with van der Waals surface area (Å²) in [5.41, 5.74) is 0.139. The van der Waals surface area contributed by atoms with Gasteiger partial charge in [-0.25, -0.2) is 4.98 Å². The third-order valence-corrected chi connectivity index (χ3v) is 2.38. The molecule has 0 aliphatic carbocycles. The number of aromatic nitrogens is 2. The van der Waals surface area contributed by atoms with E-state index in [9.17, 15) is 10.1 Å². The molecule has 1 aromatic heterocycles. The van der Waals surface area contributed by atoms with Crippen LogP contribution in [0.5, 0.6) is 0 Å². The fourth-order valence-corrected chi connectivity index (χ4v) is 1.40. The molecule has 7 heteroatoms. The van der Waals surface area contributed by atoms with Crippen LogP contribution < -0.4 is 5.32 Å². The molecule has 6 nitrogen and oxygen atoms in total. The highest BCUT2D eigenvalue weighted by atomic mass is 35.5. The lowest BCUT2D eigenvalue weighted by Crippen LogP contribution is -2.16. The average Bonchev–Trinajstić information content (AvgIpc) is 2.15. The van der Waals surface area contributed by atoms with Gasteiger partial charge < -0.3 is 5.32 Å². The molecule has 1 unspecified atom stereocenters. The van der Waals surface area contributed by atoms with E-state index in [2.05, 4.69) is 15.3 Å². The number of nitro groups is 1. The number of nitrogens with one attached hydrogen (secondary N) is 1. The highest BCUT2D eigenvalue weighted by Gasteiger charge is 2.22. The summed E-state index contributed by atoms with van der Waals surface area (Å²) >= 11 is 5.67. The van der Waals surface area contributed by atoms with Crippen LogP contribution in [0.2, 0.25) is 5.28 Å². The number of hydrogen-bond acceptors (Lipinski definition) is 5. The predicted octanol–water partition coefficient (Wildman–Crippen LogP) is 2.56. The quantitative estimate of drug-likeness (QED) is 0.500. The first kappa shape index (κ1) is 12.6. The largest absolute Gasteiger partial charge is 0.362 e. The molecule has 16 heavy (non-hydrogen) atoms. The van der Waals surface area contributed by atoms with E-state index in [0.717, 1.165) is 6.42 Å². The van der Waals surface area contributed by atoms with E-state index >= 15 is 0 Å². The van der Waals surface area contributed by atoms with Crippen LogP contribution in [0.4, 0.5) is 11.5 Å². The Bertz CT molecular complexity index is 411. The Labute approximate surface area is 98.2 Å². The van der Waals surface area contributed by atoms with Crippen molar-refractivity contribution < 1.29 is 4.92 Å². The molecule has 0 fully saturated rings. The summed E-state index contributed by atoms with van der Waals surface area (Å²) in [5, 5.41) is 13.8. The fourth-order valence-electron chi connectivity index (χ4n) is 1.19. The number of aryl methyl sites for hydroxylation is 1. The van der Waals surface area contributed by atoms with Crippen molar-refractivity contribution in [2.75, 3.05) is 5.32 Å². The minimum Gasteiger partial charge on any atom is -0.362 e. The van der Waals surface area contributed by atoms with Gasteiger partial charge in [-0.2, -0.15) is 4.98 Å². The fraction of sp³-hybridized carbons (Fsp3) is 0.556. The Kier molecular flexibility index (Phi) is 4.00. The van der Waals surface area contributed by atoms with Crippen molar-refractivity contribution in [2.45, 2.75) is 33.2 Å². The van der Waals surface area contributed by atoms with Crippen LogP contribution in [-0.2, 0) is 0 Å². The summed E-state index contributed by atoms with van der Waals surface area (Å²) in [6, 6.07) is 0.0871. The molecule has 0 spiro atoms. The normalized spacial score (nSPS) is 12.2. The van der Waals surface area contributed by atoms with E-state index in [0.29, 0.717) is 0 Å². The molecule has 1 aromatic rings. The second-order valence-electron chi connectivity index (χ2n) is 3.49. The average molecular weight is 245 g/mol. The summed E-state index contributed by atoms with van der Waals surface area (Å²) in [5.74, 6) is 0.178. The van der Waals surface area contributed by atoms with Crippen LogP contribution in [0.15, 0.2) is 0 Å². The standard InChI is InChI=1S/C9H13ClN4O2/c1-4-5(2)11-8-7(14(15)16)6(3)12-9(10)13-8/h5H,4H2,1-3H3,(H,11,12,13). The summed E-state index contributed by atoms with van der Waals surface area (Å²) in [6.45, 7) is 5.42. The Hall–Kier alpha value is -1.43. The third kappa shape index (κ3) is 2.79. The van der Waals surface area contributed by atoms with Gasteiger partial charge in [0.2, 0.25) is 11.1 Å². The molecule has 88 valence electrons. The first-order valence-corrected chi connectivity index (χ1v) is 5.28. The van der Waals surface area contributed by atoms with Gasteiger partial charge in [-0.15, -0.1) is 0 Å². The molecule has 0 saturated carbocycles. The van der Waals surface area contributed by atoms with E-state index < -0.39 is 4.92 Å². The van der Waals surface area contributed by atoms with Crippen molar-refractivity contribution >= 4 is 23.1 Å². The highest BCUT2D eigenvalue weighted by Crippen LogP contribution is 2.27. The summed E-state index contributed by atoms with van der Waals surface area (Å²) in [6.07, 6.45) is 0.831. The SMILES string of the molecule is CCC(C)Nc1nc(Cl)nc(C)c1[N+](=O)[O-]. The molecule has 1 atom stereocenters. The van der Waals surface area contributed by atoms with Crippen molar-refractivity contribution in [3.63, 3.8) is 0 Å². The van der Waals surface area contributed by atoms with E-state index in [-0.39, 0.29) is 28.5 Å². The minimum absolute atomic E-state index is 0.00824. The van der Waals surface area contributed by atoms with Gasteiger partial charge in [0, 0.05) is 6.04 Å². The Balaban J connectivity index is 3.19. The van der Waals surface area contributed by atoms with Crippen molar-refractivity contribution in [1.29, 1.82) is 0 Å². The molecule has 0 aliphatic heterocycles. The molecule has 1 N–H and O–H groups in total. The zero-order chi connectivity index (χ0) is 12.3. The zero-order valence-electron chi connectivity index (χ0n) is 9.32. The van der Waals surface area contributed by atoms with Gasteiger partial charge in [0.05, 0.1) is 4.92 Å². The van der Waals surface area contributed by atoms with Crippen LogP contribution >= 0.6 is 11.6 Å². The number of halogens is 1. The third-order valence-electron chi connectivity index (χ3n) is 2.21. The van der Waals surface area contributed by atoms with Gasteiger partial charge in [0.15, 0.2) is 0 Å². The Morgan fingerprint density at radius 2 is 2.19 bits per heavy atom. The lowest BCUT2D eigenvalue weighted by Gasteiger charge is -2.12. The first-order chi connectivity index (χ1) is 7.45. The molecule has 1 rings (SSSR count). The molecule has 0 aliphatic rings. The molecule has 0 amide bonds. The number of hydrogen-bond donors (Lipinski definition) is 1. The van der Waals surface area contributed by atoms with Crippen LogP contribution in [0, 0.1) is 17.0 Å². The second-order valence-corrected chi connectivity index (χ2v) is 3.82. The Morgan fingerprint density at radius 3 is 2.69 bits per heavy atom. The molecular formula is C9H13ClN4O2. The van der Waals surface area contributed by atoms with Gasteiger partial charge in [-0.05, 0) is 31.9 Å². The predicted molar refractivity (Wildman–Crippen MR) is 61.8 cm³/mol. The summed E-state index contributed by atoms with van der Waals surface area (Å²) in [4.78, 5) is 18.0. The van der Waals surface area contributed by atoms with Gasteiger partial charge in [0.25, 0.3) is 0 Å². The number of rotatable bonds is 4. The van der Waals surface area contributed by atoms with E-state index in [1.807, 2.05) is 13.8 Å². The van der Waals surface area contributed by atoms with Crippen LogP contribution in [-0.4, -0.2) is 20.9 Å². The number of anilines is 1. The van der Waals surface area contributed by atoms with E-state index in [4.69, 9.17) is 11.6 Å². The monoisotopic (exact) mass is 244 g/mol. The maximum absolute atomic E-state index is 10.9. The van der Waals surface area contributed by atoms with Crippen molar-refractivity contribution in [1.82, 2.24) is 9.97 Å². The maximum Gasteiger partial charge on any atom is 0.332 e. The first-order valence-electron chi connectivity index (χ1n) is 4.90. The van der Waals surface area contributed by atoms with Crippen LogP contribution in [0.1, 0.15) is 26.0 Å². The second kappa shape index (κ2) is 5.07. The summed E-state index contributed by atoms with van der Waals surface area (Å²) in [7, 11) is 0. The van der Waals surface area contributed by atoms with Gasteiger partial charge in [-0.1, -0.05) is 6.92 Å². The molecule has 0 aromatic carbocycles. The van der Waals surface area contributed by atoms with E-state index in [1.54, 1.807) is 0 Å². The van der Waals surface area contributed by atoms with Crippen molar-refractivity contribution in [2.24, 2.45) is 0 Å². The zero-order valence-corrected chi connectivity index (χ0v) is 10.1. The lowest BCUT2D eigenvalue weighted by molar-refractivity contribution is -0.385. The Morgan fingerprint density at radius 1 is 1.56 bits per heavy atom. The van der Waals surface area contributed by atoms with Gasteiger partial charge in [-0.3, -0.25) is 10.1 Å². The van der Waals surface area contributed by atoms with Gasteiger partial charge in [0.1, 0.15) is 5.69 Å². The number of nitrogens with zero attached hydrogens (tertiary/aromatic N) is 3. The van der Waals surface area contributed by atoms with E-state index in [1.165, 1.54) is 6.92 Å². The molecule has 0 radical (unpaired) electrons. The minimum atomic E-state index is -0.504.